The summed E-state index contributed by atoms with van der Waals surface area (Å²) in [5, 5.41) is 12.6. The van der Waals surface area contributed by atoms with Crippen molar-refractivity contribution in [1.29, 1.82) is 0 Å². The Kier molecular flexibility index (Phi) is 8.58. The molecule has 2 aromatic carbocycles. The molecule has 1 atom stereocenters. The first-order valence-corrected chi connectivity index (χ1v) is 11.4. The van der Waals surface area contributed by atoms with Gasteiger partial charge >= 0.3 is 0 Å². The summed E-state index contributed by atoms with van der Waals surface area (Å²) in [6.07, 6.45) is 1.36. The van der Waals surface area contributed by atoms with E-state index < -0.39 is 0 Å². The third-order valence-corrected chi connectivity index (χ3v) is 5.82. The number of methoxy groups -OCH3 is 1. The summed E-state index contributed by atoms with van der Waals surface area (Å²) in [5.41, 5.74) is 0.992. The molecule has 0 aliphatic rings. The van der Waals surface area contributed by atoms with Crippen LogP contribution in [0.2, 0.25) is 5.02 Å². The van der Waals surface area contributed by atoms with Crippen LogP contribution in [0.15, 0.2) is 66.3 Å². The molecule has 0 bridgehead atoms. The Balaban J connectivity index is 1.59. The molecule has 3 rings (SSSR count). The standard InChI is InChI=1S/C23H25ClN4O3S/c1-4-13-28-22(16(2)31-20-8-6-5-7-19(20)24)26-27-23(28)32-15-21(29)25-14-17-9-11-18(30-3)12-10-17/h4-12,16H,1,13-15H2,2-3H3,(H,25,29). The number of ether oxygens (including phenoxy) is 2. The van der Waals surface area contributed by atoms with E-state index in [2.05, 4.69) is 22.1 Å². The number of amides is 1. The number of hydrogen-bond acceptors (Lipinski definition) is 6. The number of rotatable bonds is 11. The Labute approximate surface area is 196 Å². The zero-order valence-corrected chi connectivity index (χ0v) is 19.5. The van der Waals surface area contributed by atoms with E-state index in [0.29, 0.717) is 34.8 Å². The molecule has 1 unspecified atom stereocenters. The van der Waals surface area contributed by atoms with Gasteiger partial charge in [-0.1, -0.05) is 53.7 Å². The van der Waals surface area contributed by atoms with Gasteiger partial charge in [0.05, 0.1) is 17.9 Å². The van der Waals surface area contributed by atoms with Gasteiger partial charge in [0.1, 0.15) is 11.5 Å². The first kappa shape index (κ1) is 23.7. The Hall–Kier alpha value is -2.97. The summed E-state index contributed by atoms with van der Waals surface area (Å²) in [6, 6.07) is 14.8. The van der Waals surface area contributed by atoms with Gasteiger partial charge in [0.15, 0.2) is 17.1 Å². The molecular formula is C23H25ClN4O3S. The minimum Gasteiger partial charge on any atom is -0.497 e. The molecule has 1 N–H and O–H groups in total. The predicted octanol–water partition coefficient (Wildman–Crippen LogP) is 4.67. The lowest BCUT2D eigenvalue weighted by Gasteiger charge is -2.16. The zero-order valence-electron chi connectivity index (χ0n) is 18.0. The molecule has 7 nitrogen and oxygen atoms in total. The molecule has 9 heteroatoms. The number of para-hydroxylation sites is 1. The number of allylic oxidation sites excluding steroid dienone is 1. The van der Waals surface area contributed by atoms with Gasteiger partial charge in [-0.2, -0.15) is 0 Å². The molecular weight excluding hydrogens is 448 g/mol. The highest BCUT2D eigenvalue weighted by Gasteiger charge is 2.20. The minimum absolute atomic E-state index is 0.0964. The van der Waals surface area contributed by atoms with Crippen LogP contribution in [0, 0.1) is 0 Å². The second kappa shape index (κ2) is 11.6. The minimum atomic E-state index is -0.388. The van der Waals surface area contributed by atoms with E-state index in [0.717, 1.165) is 11.3 Å². The molecule has 0 aliphatic heterocycles. The van der Waals surface area contributed by atoms with Crippen LogP contribution >= 0.6 is 23.4 Å². The van der Waals surface area contributed by atoms with Crippen molar-refractivity contribution >= 4 is 29.3 Å². The van der Waals surface area contributed by atoms with E-state index in [4.69, 9.17) is 21.1 Å². The molecule has 0 saturated carbocycles. The third kappa shape index (κ3) is 6.27. The largest absolute Gasteiger partial charge is 0.497 e. The monoisotopic (exact) mass is 472 g/mol. The number of thioether (sulfide) groups is 1. The highest BCUT2D eigenvalue weighted by molar-refractivity contribution is 7.99. The SMILES string of the molecule is C=CCn1c(SCC(=O)NCc2ccc(OC)cc2)nnc1C(C)Oc1ccccc1Cl. The van der Waals surface area contributed by atoms with Gasteiger partial charge in [-0.25, -0.2) is 0 Å². The molecule has 32 heavy (non-hydrogen) atoms. The summed E-state index contributed by atoms with van der Waals surface area (Å²) in [5.74, 6) is 2.10. The van der Waals surface area contributed by atoms with E-state index >= 15 is 0 Å². The van der Waals surface area contributed by atoms with E-state index in [1.165, 1.54) is 11.8 Å². The van der Waals surface area contributed by atoms with Gasteiger partial charge < -0.3 is 14.8 Å². The molecule has 0 aliphatic carbocycles. The van der Waals surface area contributed by atoms with E-state index in [-0.39, 0.29) is 17.8 Å². The Morgan fingerprint density at radius 1 is 1.25 bits per heavy atom. The van der Waals surface area contributed by atoms with Crippen LogP contribution in [0.3, 0.4) is 0 Å². The number of aromatic nitrogens is 3. The fraction of sp³-hybridized carbons (Fsp3) is 0.261. The summed E-state index contributed by atoms with van der Waals surface area (Å²) in [7, 11) is 1.62. The van der Waals surface area contributed by atoms with Crippen molar-refractivity contribution in [3.8, 4) is 11.5 Å². The van der Waals surface area contributed by atoms with Gasteiger partial charge in [0.25, 0.3) is 0 Å². The molecule has 0 saturated heterocycles. The molecule has 168 valence electrons. The van der Waals surface area contributed by atoms with Crippen molar-refractivity contribution in [2.75, 3.05) is 12.9 Å². The highest BCUT2D eigenvalue weighted by atomic mass is 35.5. The average molecular weight is 473 g/mol. The number of halogens is 1. The lowest BCUT2D eigenvalue weighted by atomic mass is 10.2. The molecule has 0 radical (unpaired) electrons. The second-order valence-corrected chi connectivity index (χ2v) is 8.19. The highest BCUT2D eigenvalue weighted by Crippen LogP contribution is 2.29. The van der Waals surface area contributed by atoms with Crippen LogP contribution in [-0.4, -0.2) is 33.5 Å². The number of nitrogens with zero attached hydrogens (tertiary/aromatic N) is 3. The average Bonchev–Trinajstić information content (AvgIpc) is 3.21. The van der Waals surface area contributed by atoms with E-state index in [1.54, 1.807) is 25.3 Å². The van der Waals surface area contributed by atoms with Gasteiger partial charge in [0.2, 0.25) is 5.91 Å². The maximum atomic E-state index is 12.3. The first-order valence-electron chi connectivity index (χ1n) is 9.99. The number of carbonyl (C=O) groups excluding carboxylic acids is 1. The molecule has 1 aromatic heterocycles. The van der Waals surface area contributed by atoms with E-state index in [1.807, 2.05) is 47.9 Å². The van der Waals surface area contributed by atoms with Crippen LogP contribution < -0.4 is 14.8 Å². The van der Waals surface area contributed by atoms with Crippen molar-refractivity contribution in [1.82, 2.24) is 20.1 Å². The summed E-state index contributed by atoms with van der Waals surface area (Å²) in [6.45, 7) is 6.62. The molecule has 0 fully saturated rings. The summed E-state index contributed by atoms with van der Waals surface area (Å²) >= 11 is 7.51. The van der Waals surface area contributed by atoms with Crippen molar-refractivity contribution in [2.45, 2.75) is 31.3 Å². The maximum absolute atomic E-state index is 12.3. The third-order valence-electron chi connectivity index (χ3n) is 4.54. The normalized spacial score (nSPS) is 11.6. The van der Waals surface area contributed by atoms with Crippen LogP contribution in [-0.2, 0) is 17.9 Å². The van der Waals surface area contributed by atoms with Crippen LogP contribution in [0.1, 0.15) is 24.4 Å². The maximum Gasteiger partial charge on any atom is 0.230 e. The van der Waals surface area contributed by atoms with Crippen LogP contribution in [0.25, 0.3) is 0 Å². The van der Waals surface area contributed by atoms with Gasteiger partial charge in [-0.3, -0.25) is 9.36 Å². The van der Waals surface area contributed by atoms with Gasteiger partial charge in [-0.15, -0.1) is 16.8 Å². The van der Waals surface area contributed by atoms with Crippen molar-refractivity contribution in [3.05, 3.63) is 77.6 Å². The Bertz CT molecular complexity index is 1060. The fourth-order valence-corrected chi connectivity index (χ4v) is 3.88. The summed E-state index contributed by atoms with van der Waals surface area (Å²) < 4.78 is 13.0. The fourth-order valence-electron chi connectivity index (χ4n) is 2.92. The van der Waals surface area contributed by atoms with Crippen molar-refractivity contribution in [3.63, 3.8) is 0 Å². The Morgan fingerprint density at radius 2 is 2.00 bits per heavy atom. The predicted molar refractivity (Wildman–Crippen MR) is 126 cm³/mol. The number of hydrogen-bond donors (Lipinski definition) is 1. The number of nitrogens with one attached hydrogen (secondary N) is 1. The van der Waals surface area contributed by atoms with Crippen molar-refractivity contribution in [2.24, 2.45) is 0 Å². The quantitative estimate of drug-likeness (QED) is 0.322. The number of benzene rings is 2. The van der Waals surface area contributed by atoms with Crippen LogP contribution in [0.4, 0.5) is 0 Å². The molecule has 1 heterocycles. The smallest absolute Gasteiger partial charge is 0.230 e. The molecule has 1 amide bonds. The first-order chi connectivity index (χ1) is 15.5. The van der Waals surface area contributed by atoms with Crippen molar-refractivity contribution < 1.29 is 14.3 Å². The second-order valence-electron chi connectivity index (χ2n) is 6.84. The number of carbonyl (C=O) groups is 1. The molecule has 3 aromatic rings. The van der Waals surface area contributed by atoms with Crippen LogP contribution in [0.5, 0.6) is 11.5 Å². The zero-order chi connectivity index (χ0) is 22.9. The van der Waals surface area contributed by atoms with E-state index in [9.17, 15) is 4.79 Å². The van der Waals surface area contributed by atoms with Gasteiger partial charge in [0, 0.05) is 13.1 Å². The topological polar surface area (TPSA) is 78.3 Å². The Morgan fingerprint density at radius 3 is 2.69 bits per heavy atom. The molecule has 0 spiro atoms. The lowest BCUT2D eigenvalue weighted by molar-refractivity contribution is -0.118. The van der Waals surface area contributed by atoms with Gasteiger partial charge in [-0.05, 0) is 36.8 Å². The lowest BCUT2D eigenvalue weighted by Crippen LogP contribution is -2.24. The summed E-state index contributed by atoms with van der Waals surface area (Å²) in [4.78, 5) is 12.3.